The summed E-state index contributed by atoms with van der Waals surface area (Å²) in [7, 11) is 1.98. The molecule has 1 aliphatic rings. The number of hydrogen-bond acceptors (Lipinski definition) is 2. The molecule has 3 heteroatoms. The number of rotatable bonds is 4. The molecular formula is C18H28N2O. The molecule has 0 radical (unpaired) electrons. The second-order valence-electron chi connectivity index (χ2n) is 6.47. The van der Waals surface area contributed by atoms with Crippen molar-refractivity contribution >= 4 is 5.91 Å². The maximum Gasteiger partial charge on any atom is 0.222 e. The molecule has 2 atom stereocenters. The summed E-state index contributed by atoms with van der Waals surface area (Å²) in [6.07, 6.45) is 2.85. The highest BCUT2D eigenvalue weighted by Crippen LogP contribution is 2.23. The SMILES string of the molecule is CNC(CN1CCC(C)CCC1=O)c1ccc(C)cc1C. The predicted molar refractivity (Wildman–Crippen MR) is 87.3 cm³/mol. The summed E-state index contributed by atoms with van der Waals surface area (Å²) in [4.78, 5) is 14.3. The molecule has 1 saturated heterocycles. The van der Waals surface area contributed by atoms with Gasteiger partial charge in [0.25, 0.3) is 0 Å². The molecule has 0 bridgehead atoms. The van der Waals surface area contributed by atoms with Gasteiger partial charge in [0, 0.05) is 25.6 Å². The van der Waals surface area contributed by atoms with E-state index < -0.39 is 0 Å². The Morgan fingerprint density at radius 3 is 2.76 bits per heavy atom. The monoisotopic (exact) mass is 288 g/mol. The molecule has 1 fully saturated rings. The van der Waals surface area contributed by atoms with Crippen molar-refractivity contribution in [2.24, 2.45) is 5.92 Å². The first-order chi connectivity index (χ1) is 10.0. The average Bonchev–Trinajstić information content (AvgIpc) is 2.60. The quantitative estimate of drug-likeness (QED) is 0.922. The topological polar surface area (TPSA) is 32.3 Å². The molecule has 0 saturated carbocycles. The molecule has 1 aromatic rings. The van der Waals surface area contributed by atoms with Crippen LogP contribution in [0.1, 0.15) is 48.9 Å². The van der Waals surface area contributed by atoms with Gasteiger partial charge in [-0.15, -0.1) is 0 Å². The third-order valence-electron chi connectivity index (χ3n) is 4.65. The van der Waals surface area contributed by atoms with Crippen LogP contribution in [0.15, 0.2) is 18.2 Å². The molecule has 1 N–H and O–H groups in total. The molecule has 1 aliphatic heterocycles. The summed E-state index contributed by atoms with van der Waals surface area (Å²) >= 11 is 0. The Morgan fingerprint density at radius 2 is 2.10 bits per heavy atom. The Kier molecular flexibility index (Phi) is 5.40. The van der Waals surface area contributed by atoms with Crippen LogP contribution in [-0.4, -0.2) is 30.9 Å². The van der Waals surface area contributed by atoms with Crippen molar-refractivity contribution in [3.8, 4) is 0 Å². The lowest BCUT2D eigenvalue weighted by Gasteiger charge is -2.28. The molecule has 1 amide bonds. The van der Waals surface area contributed by atoms with Crippen molar-refractivity contribution in [2.75, 3.05) is 20.1 Å². The van der Waals surface area contributed by atoms with Crippen LogP contribution in [0, 0.1) is 19.8 Å². The van der Waals surface area contributed by atoms with Crippen molar-refractivity contribution in [3.63, 3.8) is 0 Å². The number of benzene rings is 1. The van der Waals surface area contributed by atoms with Crippen LogP contribution in [0.4, 0.5) is 0 Å². The van der Waals surface area contributed by atoms with Crippen LogP contribution in [-0.2, 0) is 4.79 Å². The van der Waals surface area contributed by atoms with E-state index in [2.05, 4.69) is 44.3 Å². The molecule has 2 rings (SSSR count). The number of likely N-dealkylation sites (tertiary alicyclic amines) is 1. The predicted octanol–water partition coefficient (Wildman–Crippen LogP) is 3.21. The molecule has 21 heavy (non-hydrogen) atoms. The van der Waals surface area contributed by atoms with Crippen LogP contribution in [0.25, 0.3) is 0 Å². The smallest absolute Gasteiger partial charge is 0.222 e. The van der Waals surface area contributed by atoms with E-state index >= 15 is 0 Å². The fourth-order valence-corrected chi connectivity index (χ4v) is 3.15. The lowest BCUT2D eigenvalue weighted by Crippen LogP contribution is -2.38. The van der Waals surface area contributed by atoms with Crippen LogP contribution < -0.4 is 5.32 Å². The first kappa shape index (κ1) is 16.0. The molecule has 3 nitrogen and oxygen atoms in total. The number of nitrogens with one attached hydrogen (secondary N) is 1. The second kappa shape index (κ2) is 7.08. The number of carbonyl (C=O) groups is 1. The Bertz CT molecular complexity index is 498. The Labute approximate surface area is 128 Å². The fraction of sp³-hybridized carbons (Fsp3) is 0.611. The minimum absolute atomic E-state index is 0.211. The number of aryl methyl sites for hydroxylation is 2. The van der Waals surface area contributed by atoms with Gasteiger partial charge < -0.3 is 10.2 Å². The van der Waals surface area contributed by atoms with E-state index in [1.165, 1.54) is 16.7 Å². The highest BCUT2D eigenvalue weighted by Gasteiger charge is 2.23. The van der Waals surface area contributed by atoms with Gasteiger partial charge >= 0.3 is 0 Å². The summed E-state index contributed by atoms with van der Waals surface area (Å²) in [5, 5.41) is 3.38. The van der Waals surface area contributed by atoms with E-state index in [0.29, 0.717) is 18.2 Å². The number of likely N-dealkylation sites (N-methyl/N-ethyl adjacent to an activating group) is 1. The van der Waals surface area contributed by atoms with E-state index in [0.717, 1.165) is 25.9 Å². The minimum Gasteiger partial charge on any atom is -0.341 e. The van der Waals surface area contributed by atoms with Crippen molar-refractivity contribution in [1.29, 1.82) is 0 Å². The number of nitrogens with zero attached hydrogens (tertiary/aromatic N) is 1. The van der Waals surface area contributed by atoms with E-state index in [-0.39, 0.29) is 6.04 Å². The Hall–Kier alpha value is -1.35. The molecular weight excluding hydrogens is 260 g/mol. The number of amides is 1. The number of carbonyl (C=O) groups excluding carboxylic acids is 1. The lowest BCUT2D eigenvalue weighted by atomic mass is 9.98. The molecule has 0 spiro atoms. The zero-order valence-electron chi connectivity index (χ0n) is 13.8. The molecule has 2 unspecified atom stereocenters. The molecule has 0 aliphatic carbocycles. The zero-order valence-corrected chi connectivity index (χ0v) is 13.8. The highest BCUT2D eigenvalue weighted by molar-refractivity contribution is 5.76. The summed E-state index contributed by atoms with van der Waals surface area (Å²) in [5.41, 5.74) is 3.88. The molecule has 116 valence electrons. The largest absolute Gasteiger partial charge is 0.341 e. The van der Waals surface area contributed by atoms with E-state index in [4.69, 9.17) is 0 Å². The highest BCUT2D eigenvalue weighted by atomic mass is 16.2. The maximum atomic E-state index is 12.3. The molecule has 1 aromatic carbocycles. The first-order valence-electron chi connectivity index (χ1n) is 8.03. The third-order valence-corrected chi connectivity index (χ3v) is 4.65. The van der Waals surface area contributed by atoms with E-state index in [1.54, 1.807) is 0 Å². The third kappa shape index (κ3) is 4.07. The summed E-state index contributed by atoms with van der Waals surface area (Å²) in [6.45, 7) is 8.18. The Morgan fingerprint density at radius 1 is 1.33 bits per heavy atom. The second-order valence-corrected chi connectivity index (χ2v) is 6.47. The van der Waals surface area contributed by atoms with E-state index in [9.17, 15) is 4.79 Å². The number of hydrogen-bond donors (Lipinski definition) is 1. The van der Waals surface area contributed by atoms with E-state index in [1.807, 2.05) is 11.9 Å². The zero-order chi connectivity index (χ0) is 15.4. The Balaban J connectivity index is 2.12. The fourth-order valence-electron chi connectivity index (χ4n) is 3.15. The van der Waals surface area contributed by atoms with Gasteiger partial charge in [-0.3, -0.25) is 4.79 Å². The average molecular weight is 288 g/mol. The van der Waals surface area contributed by atoms with Gasteiger partial charge in [-0.05, 0) is 50.8 Å². The summed E-state index contributed by atoms with van der Waals surface area (Å²) in [5.74, 6) is 0.970. The molecule has 1 heterocycles. The van der Waals surface area contributed by atoms with Gasteiger partial charge in [-0.2, -0.15) is 0 Å². The van der Waals surface area contributed by atoms with Gasteiger partial charge in [-0.1, -0.05) is 30.7 Å². The standard InChI is InChI=1S/C18H28N2O/c1-13-6-8-18(21)20(10-9-13)12-17(19-4)16-7-5-14(2)11-15(16)3/h5,7,11,13,17,19H,6,8-10,12H2,1-4H3. The van der Waals surface area contributed by atoms with Gasteiger partial charge in [0.1, 0.15) is 0 Å². The van der Waals surface area contributed by atoms with Gasteiger partial charge in [-0.25, -0.2) is 0 Å². The van der Waals surface area contributed by atoms with Crippen LogP contribution in [0.2, 0.25) is 0 Å². The lowest BCUT2D eigenvalue weighted by molar-refractivity contribution is -0.131. The van der Waals surface area contributed by atoms with Crippen LogP contribution >= 0.6 is 0 Å². The van der Waals surface area contributed by atoms with Gasteiger partial charge in [0.05, 0.1) is 0 Å². The maximum absolute atomic E-state index is 12.3. The minimum atomic E-state index is 0.211. The first-order valence-corrected chi connectivity index (χ1v) is 8.03. The van der Waals surface area contributed by atoms with Crippen LogP contribution in [0.3, 0.4) is 0 Å². The van der Waals surface area contributed by atoms with Gasteiger partial charge in [0.2, 0.25) is 5.91 Å². The van der Waals surface area contributed by atoms with Crippen LogP contribution in [0.5, 0.6) is 0 Å². The normalized spacial score (nSPS) is 21.2. The van der Waals surface area contributed by atoms with Gasteiger partial charge in [0.15, 0.2) is 0 Å². The summed E-state index contributed by atoms with van der Waals surface area (Å²) in [6, 6.07) is 6.77. The van der Waals surface area contributed by atoms with Crippen molar-refractivity contribution in [2.45, 2.75) is 46.1 Å². The van der Waals surface area contributed by atoms with Crippen molar-refractivity contribution in [3.05, 3.63) is 34.9 Å². The molecule has 0 aromatic heterocycles. The van der Waals surface area contributed by atoms with Crippen molar-refractivity contribution in [1.82, 2.24) is 10.2 Å². The van der Waals surface area contributed by atoms with Crippen molar-refractivity contribution < 1.29 is 4.79 Å². The summed E-state index contributed by atoms with van der Waals surface area (Å²) < 4.78 is 0.